The minimum Gasteiger partial charge on any atom is -0.444 e. The highest BCUT2D eigenvalue weighted by Crippen LogP contribution is 2.33. The van der Waals surface area contributed by atoms with Crippen LogP contribution in [-0.4, -0.2) is 61.2 Å². The normalized spacial score (nSPS) is 12.1. The highest BCUT2D eigenvalue weighted by Gasteiger charge is 2.23. The molecule has 0 radical (unpaired) electrons. The highest BCUT2D eigenvalue weighted by atomic mass is 35.5. The molecule has 2 aromatic carbocycles. The molecule has 56 heavy (non-hydrogen) atoms. The maximum Gasteiger partial charge on any atom is 0.408 e. The molecule has 2 atom stereocenters. The summed E-state index contributed by atoms with van der Waals surface area (Å²) in [6.07, 6.45) is 8.69. The standard InChI is InChI=1S/C20H23ClFN7O2.C15H15ClFN7.ClH/c1-11(26-19(30)31-20(2,3)4)13-6-7-14(16(22)15(13)21)17-23-10-24-18(28-17)27-12-8-25-29(5)9-12;1-8(18)10-3-4-11(13(17)12(10)16)14-19-7-20-15(23-14)22-9-5-21-24(2)6-9;/h6-11H,1-5H3,(H,26,30)(H,23,24,27,28);3-8H,18H2,1-2H3,(H,19,20,22,23);1H/t11-;8-;/m11./s1. The molecule has 296 valence electrons. The van der Waals surface area contributed by atoms with Gasteiger partial charge in [-0.3, -0.25) is 9.36 Å². The van der Waals surface area contributed by atoms with Gasteiger partial charge in [-0.05, 0) is 57.9 Å². The van der Waals surface area contributed by atoms with Crippen LogP contribution in [-0.2, 0) is 18.8 Å². The van der Waals surface area contributed by atoms with E-state index in [4.69, 9.17) is 33.7 Å². The Morgan fingerprint density at radius 3 is 1.64 bits per heavy atom. The third-order valence-electron chi connectivity index (χ3n) is 7.46. The Hall–Kier alpha value is -5.56. The van der Waals surface area contributed by atoms with Crippen LogP contribution in [0.4, 0.5) is 36.8 Å². The first-order chi connectivity index (χ1) is 26.0. The summed E-state index contributed by atoms with van der Waals surface area (Å²) >= 11 is 12.3. The number of aromatic nitrogens is 10. The number of carbonyl (C=O) groups excluding carboxylic acids is 1. The number of nitrogens with zero attached hydrogens (tertiary/aromatic N) is 10. The van der Waals surface area contributed by atoms with Gasteiger partial charge in [0.25, 0.3) is 0 Å². The third-order valence-corrected chi connectivity index (χ3v) is 8.23. The van der Waals surface area contributed by atoms with Gasteiger partial charge < -0.3 is 26.4 Å². The van der Waals surface area contributed by atoms with Crippen LogP contribution in [0.2, 0.25) is 10.0 Å². The Morgan fingerprint density at radius 1 is 0.786 bits per heavy atom. The SMILES string of the molecule is C[C@@H](N)c1ccc(-c2ncnc(Nc3cnn(C)c3)n2)c(F)c1Cl.C[C@@H](NC(=O)OC(C)(C)C)c1ccc(-c2ncnc(Nc3cnn(C)c3)n2)c(F)c1Cl.Cl. The summed E-state index contributed by atoms with van der Waals surface area (Å²) < 4.78 is 38.1. The molecule has 0 aliphatic carbocycles. The first-order valence-corrected chi connectivity index (χ1v) is 17.4. The number of aryl methyl sites for hydroxylation is 2. The zero-order valence-electron chi connectivity index (χ0n) is 31.2. The van der Waals surface area contributed by atoms with Crippen molar-refractivity contribution in [3.63, 3.8) is 0 Å². The number of nitrogens with two attached hydrogens (primary N) is 1. The van der Waals surface area contributed by atoms with Gasteiger partial charge in [0.1, 0.15) is 18.3 Å². The minimum atomic E-state index is -0.699. The van der Waals surface area contributed by atoms with Crippen molar-refractivity contribution >= 4 is 65.0 Å². The van der Waals surface area contributed by atoms with Gasteiger partial charge in [0.05, 0.1) is 51.0 Å². The summed E-state index contributed by atoms with van der Waals surface area (Å²) in [6.45, 7) is 8.68. The average molecular weight is 832 g/mol. The summed E-state index contributed by atoms with van der Waals surface area (Å²) in [4.78, 5) is 36.6. The molecule has 0 aliphatic rings. The fraction of sp³-hybridized carbons (Fsp3) is 0.286. The minimum absolute atomic E-state index is 0. The quantitative estimate of drug-likeness (QED) is 0.111. The van der Waals surface area contributed by atoms with Crippen molar-refractivity contribution in [2.24, 2.45) is 19.8 Å². The number of rotatable bonds is 9. The zero-order valence-corrected chi connectivity index (χ0v) is 33.5. The van der Waals surface area contributed by atoms with Crippen LogP contribution in [0.3, 0.4) is 0 Å². The molecule has 0 fully saturated rings. The van der Waals surface area contributed by atoms with Crippen LogP contribution >= 0.6 is 35.6 Å². The summed E-state index contributed by atoms with van der Waals surface area (Å²) in [5.74, 6) is -0.509. The predicted octanol–water partition coefficient (Wildman–Crippen LogP) is 7.64. The fourth-order valence-electron chi connectivity index (χ4n) is 4.92. The van der Waals surface area contributed by atoms with E-state index < -0.39 is 29.4 Å². The third kappa shape index (κ3) is 11.0. The van der Waals surface area contributed by atoms with E-state index in [0.717, 1.165) is 0 Å². The van der Waals surface area contributed by atoms with Gasteiger partial charge in [-0.25, -0.2) is 33.5 Å². The molecule has 0 aliphatic heterocycles. The van der Waals surface area contributed by atoms with Crippen molar-refractivity contribution in [2.45, 2.75) is 52.3 Å². The Bertz CT molecular complexity index is 2300. The lowest BCUT2D eigenvalue weighted by Gasteiger charge is -2.22. The second-order valence-corrected chi connectivity index (χ2v) is 13.9. The zero-order chi connectivity index (χ0) is 40.0. The fourth-order valence-corrected chi connectivity index (χ4v) is 5.59. The smallest absolute Gasteiger partial charge is 0.408 e. The Morgan fingerprint density at radius 2 is 1.23 bits per heavy atom. The molecule has 0 unspecified atom stereocenters. The molecule has 6 aromatic rings. The van der Waals surface area contributed by atoms with Gasteiger partial charge >= 0.3 is 6.09 Å². The van der Waals surface area contributed by atoms with E-state index in [1.807, 2.05) is 0 Å². The number of anilines is 4. The number of ether oxygens (including phenoxy) is 1. The number of benzene rings is 2. The van der Waals surface area contributed by atoms with E-state index in [9.17, 15) is 9.18 Å². The van der Waals surface area contributed by atoms with E-state index in [2.05, 4.69) is 56.1 Å². The number of halogens is 5. The van der Waals surface area contributed by atoms with E-state index in [0.29, 0.717) is 22.5 Å². The molecule has 1 amide bonds. The van der Waals surface area contributed by atoms with Crippen LogP contribution in [0.1, 0.15) is 57.8 Å². The highest BCUT2D eigenvalue weighted by molar-refractivity contribution is 6.32. The van der Waals surface area contributed by atoms with Crippen molar-refractivity contribution in [1.29, 1.82) is 0 Å². The molecule has 6 rings (SSSR count). The number of nitrogens with one attached hydrogen (secondary N) is 3. The molecule has 5 N–H and O–H groups in total. The topological polar surface area (TPSA) is 201 Å². The van der Waals surface area contributed by atoms with Crippen molar-refractivity contribution in [2.75, 3.05) is 10.6 Å². The predicted molar refractivity (Wildman–Crippen MR) is 211 cm³/mol. The lowest BCUT2D eigenvalue weighted by atomic mass is 10.0. The monoisotopic (exact) mass is 830 g/mol. The van der Waals surface area contributed by atoms with Gasteiger partial charge in [0.2, 0.25) is 11.9 Å². The largest absolute Gasteiger partial charge is 0.444 e. The number of hydrogen-bond donors (Lipinski definition) is 4. The van der Waals surface area contributed by atoms with Crippen molar-refractivity contribution in [3.8, 4) is 22.8 Å². The molecule has 4 aromatic heterocycles. The van der Waals surface area contributed by atoms with Crippen LogP contribution < -0.4 is 21.7 Å². The van der Waals surface area contributed by atoms with Crippen LogP contribution in [0.15, 0.2) is 61.7 Å². The van der Waals surface area contributed by atoms with Crippen LogP contribution in [0.5, 0.6) is 0 Å². The number of alkyl carbamates (subject to hydrolysis) is 1. The van der Waals surface area contributed by atoms with Gasteiger partial charge in [0, 0.05) is 32.5 Å². The maximum absolute atomic E-state index is 15.1. The second-order valence-electron chi connectivity index (χ2n) is 13.1. The molecule has 0 saturated carbocycles. The number of hydrogen-bond acceptors (Lipinski definition) is 13. The Balaban J connectivity index is 0.000000252. The Kier molecular flexibility index (Phi) is 14.2. The Labute approximate surface area is 337 Å². The second kappa shape index (κ2) is 18.4. The van der Waals surface area contributed by atoms with Crippen LogP contribution in [0, 0.1) is 11.6 Å². The van der Waals surface area contributed by atoms with Gasteiger partial charge in [-0.1, -0.05) is 35.3 Å². The molecular weight excluding hydrogens is 793 g/mol. The maximum atomic E-state index is 15.1. The lowest BCUT2D eigenvalue weighted by molar-refractivity contribution is 0.0508. The molecule has 21 heteroatoms. The van der Waals surface area contributed by atoms with Gasteiger partial charge in [0.15, 0.2) is 23.3 Å². The molecule has 16 nitrogen and oxygen atoms in total. The number of carbonyl (C=O) groups is 1. The molecule has 0 bridgehead atoms. The number of amides is 1. The van der Waals surface area contributed by atoms with E-state index in [1.54, 1.807) is 101 Å². The molecular formula is C35H39Cl3F2N14O2. The first-order valence-electron chi connectivity index (χ1n) is 16.6. The van der Waals surface area contributed by atoms with Crippen molar-refractivity contribution < 1.29 is 18.3 Å². The molecule has 4 heterocycles. The van der Waals surface area contributed by atoms with E-state index >= 15 is 4.39 Å². The summed E-state index contributed by atoms with van der Waals surface area (Å²) in [5, 5.41) is 16.5. The molecule has 0 spiro atoms. The molecule has 0 saturated heterocycles. The van der Waals surface area contributed by atoms with E-state index in [-0.39, 0.29) is 63.2 Å². The summed E-state index contributed by atoms with van der Waals surface area (Å²) in [5.41, 5.74) is 7.73. The van der Waals surface area contributed by atoms with Gasteiger partial charge in [-0.15, -0.1) is 12.4 Å². The van der Waals surface area contributed by atoms with Crippen molar-refractivity contribution in [3.05, 3.63) is 94.5 Å². The van der Waals surface area contributed by atoms with Gasteiger partial charge in [-0.2, -0.15) is 20.2 Å². The summed E-state index contributed by atoms with van der Waals surface area (Å²) in [7, 11) is 3.57. The summed E-state index contributed by atoms with van der Waals surface area (Å²) in [6, 6.07) is 5.40. The van der Waals surface area contributed by atoms with Crippen LogP contribution in [0.25, 0.3) is 22.8 Å². The first kappa shape index (κ1) is 43.2. The van der Waals surface area contributed by atoms with Crippen molar-refractivity contribution in [1.82, 2.24) is 54.8 Å². The average Bonchev–Trinajstić information content (AvgIpc) is 3.72. The van der Waals surface area contributed by atoms with E-state index in [1.165, 1.54) is 18.7 Å². The lowest BCUT2D eigenvalue weighted by Crippen LogP contribution is -2.34.